The largest absolute Gasteiger partial charge is 0.329 e. The van der Waals surface area contributed by atoms with Crippen LogP contribution >= 0.6 is 11.6 Å². The summed E-state index contributed by atoms with van der Waals surface area (Å²) in [5.41, 5.74) is 6.40. The van der Waals surface area contributed by atoms with Crippen LogP contribution in [-0.2, 0) is 6.54 Å². The molecule has 0 aliphatic heterocycles. The average molecular weight is 231 g/mol. The molecule has 0 atom stereocenters. The van der Waals surface area contributed by atoms with E-state index in [4.69, 9.17) is 17.3 Å². The Balaban J connectivity index is 2.66. The van der Waals surface area contributed by atoms with Gasteiger partial charge in [-0.1, -0.05) is 24.6 Å². The monoisotopic (exact) mass is 230 g/mol. The number of nitrogens with two attached hydrogens (primary N) is 1. The fraction of sp³-hybridized carbons (Fsp3) is 0.455. The van der Waals surface area contributed by atoms with E-state index in [1.807, 2.05) is 6.07 Å². The van der Waals surface area contributed by atoms with Gasteiger partial charge in [0.05, 0.1) is 5.02 Å². The maximum atomic E-state index is 13.1. The quantitative estimate of drug-likeness (QED) is 0.841. The molecular formula is C11H16ClFN2. The second-order valence-corrected chi connectivity index (χ2v) is 3.81. The van der Waals surface area contributed by atoms with Crippen molar-refractivity contribution < 1.29 is 4.39 Å². The maximum absolute atomic E-state index is 13.1. The average Bonchev–Trinajstić information content (AvgIpc) is 2.23. The van der Waals surface area contributed by atoms with Gasteiger partial charge >= 0.3 is 0 Å². The third-order valence-corrected chi connectivity index (χ3v) is 2.59. The predicted molar refractivity (Wildman–Crippen MR) is 61.4 cm³/mol. The van der Waals surface area contributed by atoms with Crippen LogP contribution < -0.4 is 5.73 Å². The summed E-state index contributed by atoms with van der Waals surface area (Å²) in [7, 11) is 0. The van der Waals surface area contributed by atoms with Crippen LogP contribution in [0, 0.1) is 5.82 Å². The van der Waals surface area contributed by atoms with Crippen LogP contribution in [0.25, 0.3) is 0 Å². The maximum Gasteiger partial charge on any atom is 0.142 e. The molecule has 4 heteroatoms. The van der Waals surface area contributed by atoms with E-state index < -0.39 is 0 Å². The lowest BCUT2D eigenvalue weighted by Crippen LogP contribution is -2.28. The molecule has 0 fully saturated rings. The van der Waals surface area contributed by atoms with E-state index in [0.717, 1.165) is 18.7 Å². The molecule has 84 valence electrons. The normalized spacial score (nSPS) is 11.0. The van der Waals surface area contributed by atoms with E-state index in [2.05, 4.69) is 11.8 Å². The SMILES string of the molecule is CCN(CCN)Cc1ccc(Cl)c(F)c1. The first-order valence-corrected chi connectivity index (χ1v) is 5.41. The van der Waals surface area contributed by atoms with Gasteiger partial charge in [0.2, 0.25) is 0 Å². The van der Waals surface area contributed by atoms with Crippen LogP contribution in [-0.4, -0.2) is 24.5 Å². The summed E-state index contributed by atoms with van der Waals surface area (Å²) in [6.07, 6.45) is 0. The van der Waals surface area contributed by atoms with Crippen LogP contribution in [0.3, 0.4) is 0 Å². The molecule has 1 rings (SSSR count). The highest BCUT2D eigenvalue weighted by atomic mass is 35.5. The molecule has 0 saturated carbocycles. The first kappa shape index (κ1) is 12.4. The van der Waals surface area contributed by atoms with Crippen molar-refractivity contribution in [1.82, 2.24) is 4.90 Å². The molecule has 2 N–H and O–H groups in total. The minimum absolute atomic E-state index is 0.167. The molecular weight excluding hydrogens is 215 g/mol. The van der Waals surface area contributed by atoms with Crippen molar-refractivity contribution >= 4 is 11.6 Å². The summed E-state index contributed by atoms with van der Waals surface area (Å²) in [4.78, 5) is 2.16. The van der Waals surface area contributed by atoms with Gasteiger partial charge in [0.1, 0.15) is 5.82 Å². The van der Waals surface area contributed by atoms with Crippen LogP contribution in [0.1, 0.15) is 12.5 Å². The molecule has 0 aliphatic carbocycles. The van der Waals surface area contributed by atoms with E-state index in [1.54, 1.807) is 6.07 Å². The highest BCUT2D eigenvalue weighted by Crippen LogP contribution is 2.16. The number of hydrogen-bond acceptors (Lipinski definition) is 2. The summed E-state index contributed by atoms with van der Waals surface area (Å²) < 4.78 is 13.1. The number of halogens is 2. The minimum Gasteiger partial charge on any atom is -0.329 e. The third kappa shape index (κ3) is 3.78. The van der Waals surface area contributed by atoms with Gasteiger partial charge in [-0.3, -0.25) is 4.90 Å². The first-order chi connectivity index (χ1) is 7.17. The highest BCUT2D eigenvalue weighted by molar-refractivity contribution is 6.30. The molecule has 0 saturated heterocycles. The van der Waals surface area contributed by atoms with Crippen molar-refractivity contribution in [2.45, 2.75) is 13.5 Å². The zero-order valence-electron chi connectivity index (χ0n) is 8.84. The standard InChI is InChI=1S/C11H16ClFN2/c1-2-15(6-5-14)8-9-3-4-10(12)11(13)7-9/h3-4,7H,2,5-6,8,14H2,1H3. The van der Waals surface area contributed by atoms with Crippen molar-refractivity contribution in [3.8, 4) is 0 Å². The second-order valence-electron chi connectivity index (χ2n) is 3.41. The number of likely N-dealkylation sites (N-methyl/N-ethyl adjacent to an activating group) is 1. The van der Waals surface area contributed by atoms with Crippen LogP contribution in [0.2, 0.25) is 5.02 Å². The Morgan fingerprint density at radius 3 is 2.73 bits per heavy atom. The van der Waals surface area contributed by atoms with Gasteiger partial charge in [-0.15, -0.1) is 0 Å². The summed E-state index contributed by atoms with van der Waals surface area (Å²) >= 11 is 5.60. The van der Waals surface area contributed by atoms with E-state index in [-0.39, 0.29) is 10.8 Å². The molecule has 15 heavy (non-hydrogen) atoms. The third-order valence-electron chi connectivity index (χ3n) is 2.28. The Labute approximate surface area is 94.8 Å². The fourth-order valence-corrected chi connectivity index (χ4v) is 1.55. The first-order valence-electron chi connectivity index (χ1n) is 5.03. The Hall–Kier alpha value is -0.640. The zero-order valence-corrected chi connectivity index (χ0v) is 9.60. The molecule has 0 bridgehead atoms. The van der Waals surface area contributed by atoms with Gasteiger partial charge in [0.15, 0.2) is 0 Å². The summed E-state index contributed by atoms with van der Waals surface area (Å²) in [6, 6.07) is 4.90. The van der Waals surface area contributed by atoms with Crippen molar-refractivity contribution in [3.05, 3.63) is 34.6 Å². The van der Waals surface area contributed by atoms with E-state index in [9.17, 15) is 4.39 Å². The van der Waals surface area contributed by atoms with E-state index >= 15 is 0 Å². The van der Waals surface area contributed by atoms with Crippen LogP contribution in [0.4, 0.5) is 4.39 Å². The Kier molecular flexibility index (Phi) is 5.02. The van der Waals surface area contributed by atoms with Crippen LogP contribution in [0.5, 0.6) is 0 Å². The molecule has 0 radical (unpaired) electrons. The van der Waals surface area contributed by atoms with E-state index in [1.165, 1.54) is 6.07 Å². The summed E-state index contributed by atoms with van der Waals surface area (Å²) in [5, 5.41) is 0.167. The minimum atomic E-state index is -0.363. The fourth-order valence-electron chi connectivity index (χ4n) is 1.43. The smallest absolute Gasteiger partial charge is 0.142 e. The zero-order chi connectivity index (χ0) is 11.3. The molecule has 1 aromatic carbocycles. The molecule has 0 unspecified atom stereocenters. The molecule has 0 spiro atoms. The Morgan fingerprint density at radius 1 is 1.47 bits per heavy atom. The molecule has 0 aromatic heterocycles. The number of nitrogens with zero attached hydrogens (tertiary/aromatic N) is 1. The Bertz CT molecular complexity index is 317. The van der Waals surface area contributed by atoms with Crippen molar-refractivity contribution in [3.63, 3.8) is 0 Å². The van der Waals surface area contributed by atoms with Gasteiger partial charge in [-0.05, 0) is 24.2 Å². The van der Waals surface area contributed by atoms with Gasteiger partial charge in [0.25, 0.3) is 0 Å². The number of hydrogen-bond donors (Lipinski definition) is 1. The molecule has 1 aromatic rings. The van der Waals surface area contributed by atoms with Crippen molar-refractivity contribution in [2.75, 3.05) is 19.6 Å². The number of benzene rings is 1. The summed E-state index contributed by atoms with van der Waals surface area (Å²) in [5.74, 6) is -0.363. The van der Waals surface area contributed by atoms with Gasteiger partial charge in [0, 0.05) is 19.6 Å². The van der Waals surface area contributed by atoms with Gasteiger partial charge in [-0.2, -0.15) is 0 Å². The summed E-state index contributed by atoms with van der Waals surface area (Å²) in [6.45, 7) is 5.11. The lowest BCUT2D eigenvalue weighted by molar-refractivity contribution is 0.288. The predicted octanol–water partition coefficient (Wildman–Crippen LogP) is 2.26. The van der Waals surface area contributed by atoms with Gasteiger partial charge < -0.3 is 5.73 Å². The van der Waals surface area contributed by atoms with Crippen LogP contribution in [0.15, 0.2) is 18.2 Å². The number of rotatable bonds is 5. The molecule has 0 heterocycles. The molecule has 0 amide bonds. The Morgan fingerprint density at radius 2 is 2.20 bits per heavy atom. The lowest BCUT2D eigenvalue weighted by Gasteiger charge is -2.19. The van der Waals surface area contributed by atoms with Crippen molar-refractivity contribution in [1.29, 1.82) is 0 Å². The van der Waals surface area contributed by atoms with Crippen molar-refractivity contribution in [2.24, 2.45) is 5.73 Å². The highest BCUT2D eigenvalue weighted by Gasteiger charge is 2.05. The van der Waals surface area contributed by atoms with E-state index in [0.29, 0.717) is 13.1 Å². The molecule has 2 nitrogen and oxygen atoms in total. The molecule has 0 aliphatic rings. The second kappa shape index (κ2) is 6.05. The lowest BCUT2D eigenvalue weighted by atomic mass is 10.2. The van der Waals surface area contributed by atoms with Gasteiger partial charge in [-0.25, -0.2) is 4.39 Å². The topological polar surface area (TPSA) is 29.3 Å².